The van der Waals surface area contributed by atoms with Crippen molar-refractivity contribution < 1.29 is 14.3 Å². The molecule has 6 heteroatoms. The van der Waals surface area contributed by atoms with Crippen molar-refractivity contribution in [3.8, 4) is 6.07 Å². The number of nitrogens with one attached hydrogen (secondary N) is 1. The highest BCUT2D eigenvalue weighted by Gasteiger charge is 2.30. The number of amides is 2. The summed E-state index contributed by atoms with van der Waals surface area (Å²) in [7, 11) is 0. The number of carbonyl (C=O) groups is 2. The van der Waals surface area contributed by atoms with E-state index in [1.54, 1.807) is 0 Å². The van der Waals surface area contributed by atoms with Gasteiger partial charge in [0, 0.05) is 25.4 Å². The van der Waals surface area contributed by atoms with Crippen molar-refractivity contribution in [2.24, 2.45) is 11.8 Å². The topological polar surface area (TPSA) is 82.4 Å². The Morgan fingerprint density at radius 1 is 1.13 bits per heavy atom. The molecule has 30 heavy (non-hydrogen) atoms. The summed E-state index contributed by atoms with van der Waals surface area (Å²) in [6.07, 6.45) is 7.13. The Morgan fingerprint density at radius 2 is 1.83 bits per heavy atom. The smallest absolute Gasteiger partial charge is 0.224 e. The fraction of sp³-hybridized carbons (Fsp3) is 0.625. The Hall–Kier alpha value is -2.39. The van der Waals surface area contributed by atoms with E-state index >= 15 is 0 Å². The third kappa shape index (κ3) is 6.56. The molecule has 1 saturated heterocycles. The molecule has 1 aliphatic heterocycles. The van der Waals surface area contributed by atoms with Gasteiger partial charge in [0.1, 0.15) is 0 Å². The minimum atomic E-state index is -0.353. The predicted molar refractivity (Wildman–Crippen MR) is 114 cm³/mol. The molecule has 162 valence electrons. The molecule has 2 fully saturated rings. The molecule has 0 unspecified atom stereocenters. The van der Waals surface area contributed by atoms with E-state index < -0.39 is 0 Å². The Morgan fingerprint density at radius 3 is 2.50 bits per heavy atom. The zero-order chi connectivity index (χ0) is 21.2. The molecule has 2 amide bonds. The van der Waals surface area contributed by atoms with E-state index in [-0.39, 0.29) is 36.6 Å². The molecule has 1 heterocycles. The average Bonchev–Trinajstić information content (AvgIpc) is 2.80. The van der Waals surface area contributed by atoms with Crippen molar-refractivity contribution in [3.63, 3.8) is 0 Å². The minimum Gasteiger partial charge on any atom is -0.378 e. The fourth-order valence-electron chi connectivity index (χ4n) is 4.58. The molecule has 1 saturated carbocycles. The lowest BCUT2D eigenvalue weighted by atomic mass is 9.81. The summed E-state index contributed by atoms with van der Waals surface area (Å²) in [5.41, 5.74) is 0.920. The maximum absolute atomic E-state index is 13.3. The SMILES string of the molecule is N#CC[C@H](NC(=O)[C@@H](CC(=O)N1CCOCC1)CC1CCCCC1)c1ccccc1. The number of hydrogen-bond donors (Lipinski definition) is 1. The molecular formula is C24H33N3O3. The number of ether oxygens (including phenoxy) is 1. The highest BCUT2D eigenvalue weighted by atomic mass is 16.5. The van der Waals surface area contributed by atoms with Gasteiger partial charge in [0.15, 0.2) is 0 Å². The van der Waals surface area contributed by atoms with Gasteiger partial charge in [0.2, 0.25) is 11.8 Å². The van der Waals surface area contributed by atoms with Gasteiger partial charge in [-0.15, -0.1) is 0 Å². The van der Waals surface area contributed by atoms with Gasteiger partial charge in [0.05, 0.1) is 31.7 Å². The molecule has 1 N–H and O–H groups in total. The van der Waals surface area contributed by atoms with Gasteiger partial charge in [-0.2, -0.15) is 5.26 Å². The third-order valence-corrected chi connectivity index (χ3v) is 6.31. The summed E-state index contributed by atoms with van der Waals surface area (Å²) in [5, 5.41) is 12.3. The van der Waals surface area contributed by atoms with E-state index in [0.29, 0.717) is 32.2 Å². The quantitative estimate of drug-likeness (QED) is 0.709. The highest BCUT2D eigenvalue weighted by molar-refractivity contribution is 5.86. The number of benzene rings is 1. The first-order valence-electron chi connectivity index (χ1n) is 11.2. The van der Waals surface area contributed by atoms with Crippen LogP contribution in [0, 0.1) is 23.2 Å². The Balaban J connectivity index is 1.69. The zero-order valence-electron chi connectivity index (χ0n) is 17.7. The van der Waals surface area contributed by atoms with E-state index in [0.717, 1.165) is 24.8 Å². The van der Waals surface area contributed by atoms with Crippen molar-refractivity contribution in [1.82, 2.24) is 10.2 Å². The summed E-state index contributed by atoms with van der Waals surface area (Å²) in [5.74, 6) is 0.0728. The van der Waals surface area contributed by atoms with Crippen LogP contribution < -0.4 is 5.32 Å². The first kappa shape index (κ1) is 22.3. The zero-order valence-corrected chi connectivity index (χ0v) is 17.7. The van der Waals surface area contributed by atoms with Crippen LogP contribution in [0.3, 0.4) is 0 Å². The van der Waals surface area contributed by atoms with Gasteiger partial charge in [0.25, 0.3) is 0 Å². The van der Waals surface area contributed by atoms with E-state index in [1.807, 2.05) is 35.2 Å². The molecule has 1 aromatic carbocycles. The summed E-state index contributed by atoms with van der Waals surface area (Å²) in [6, 6.07) is 11.4. The monoisotopic (exact) mass is 411 g/mol. The average molecular weight is 412 g/mol. The van der Waals surface area contributed by atoms with Crippen molar-refractivity contribution in [2.75, 3.05) is 26.3 Å². The van der Waals surface area contributed by atoms with Crippen molar-refractivity contribution >= 4 is 11.8 Å². The van der Waals surface area contributed by atoms with Crippen molar-refractivity contribution in [1.29, 1.82) is 5.26 Å². The molecule has 0 radical (unpaired) electrons. The number of rotatable bonds is 8. The van der Waals surface area contributed by atoms with Crippen LogP contribution in [-0.2, 0) is 14.3 Å². The number of hydrogen-bond acceptors (Lipinski definition) is 4. The van der Waals surface area contributed by atoms with Crippen LogP contribution in [0.5, 0.6) is 0 Å². The molecule has 0 bridgehead atoms. The van der Waals surface area contributed by atoms with E-state index in [4.69, 9.17) is 4.74 Å². The van der Waals surface area contributed by atoms with E-state index in [2.05, 4.69) is 11.4 Å². The van der Waals surface area contributed by atoms with Gasteiger partial charge < -0.3 is 15.0 Å². The van der Waals surface area contributed by atoms with Crippen LogP contribution >= 0.6 is 0 Å². The molecule has 3 rings (SSSR count). The predicted octanol–water partition coefficient (Wildman–Crippen LogP) is 3.59. The molecule has 2 aliphatic rings. The first-order chi connectivity index (χ1) is 14.7. The number of morpholine rings is 1. The molecule has 0 aromatic heterocycles. The fourth-order valence-corrected chi connectivity index (χ4v) is 4.58. The van der Waals surface area contributed by atoms with Crippen LogP contribution in [0.4, 0.5) is 0 Å². The molecular weight excluding hydrogens is 378 g/mol. The highest BCUT2D eigenvalue weighted by Crippen LogP contribution is 2.31. The lowest BCUT2D eigenvalue weighted by Gasteiger charge is -2.30. The van der Waals surface area contributed by atoms with Crippen LogP contribution in [0.1, 0.15) is 63.0 Å². The van der Waals surface area contributed by atoms with Crippen molar-refractivity contribution in [2.45, 2.75) is 57.4 Å². The number of nitriles is 1. The minimum absolute atomic E-state index is 0.0332. The lowest BCUT2D eigenvalue weighted by molar-refractivity contribution is -0.140. The molecule has 1 aromatic rings. The Labute approximate surface area is 179 Å². The van der Waals surface area contributed by atoms with E-state index in [1.165, 1.54) is 19.3 Å². The third-order valence-electron chi connectivity index (χ3n) is 6.31. The maximum Gasteiger partial charge on any atom is 0.224 e. The van der Waals surface area contributed by atoms with Gasteiger partial charge in [-0.05, 0) is 17.9 Å². The largest absolute Gasteiger partial charge is 0.378 e. The normalized spacial score (nSPS) is 19.5. The van der Waals surface area contributed by atoms with Crippen LogP contribution in [0.25, 0.3) is 0 Å². The van der Waals surface area contributed by atoms with Crippen LogP contribution in [0.15, 0.2) is 30.3 Å². The van der Waals surface area contributed by atoms with E-state index in [9.17, 15) is 14.9 Å². The number of nitrogens with zero attached hydrogens (tertiary/aromatic N) is 2. The summed E-state index contributed by atoms with van der Waals surface area (Å²) in [4.78, 5) is 28.0. The van der Waals surface area contributed by atoms with Gasteiger partial charge in [-0.1, -0.05) is 62.4 Å². The van der Waals surface area contributed by atoms with Crippen LogP contribution in [-0.4, -0.2) is 43.0 Å². The lowest BCUT2D eigenvalue weighted by Crippen LogP contribution is -2.43. The number of carbonyl (C=O) groups excluding carboxylic acids is 2. The van der Waals surface area contributed by atoms with Gasteiger partial charge >= 0.3 is 0 Å². The Kier molecular flexibility index (Phi) is 8.70. The second-order valence-corrected chi connectivity index (χ2v) is 8.47. The van der Waals surface area contributed by atoms with Gasteiger partial charge in [-0.3, -0.25) is 9.59 Å². The summed E-state index contributed by atoms with van der Waals surface area (Å²) >= 11 is 0. The second-order valence-electron chi connectivity index (χ2n) is 8.47. The maximum atomic E-state index is 13.3. The molecule has 0 spiro atoms. The standard InChI is InChI=1S/C24H33N3O3/c25-12-11-22(20-9-5-2-6-10-20)26-24(29)21(17-19-7-3-1-4-8-19)18-23(28)27-13-15-30-16-14-27/h2,5-6,9-10,19,21-22H,1,3-4,7-8,11,13-18H2,(H,26,29)/t21-,22+/m1/s1. The second kappa shape index (κ2) is 11.7. The molecule has 2 atom stereocenters. The summed E-state index contributed by atoms with van der Waals surface area (Å²) < 4.78 is 5.35. The summed E-state index contributed by atoms with van der Waals surface area (Å²) in [6.45, 7) is 2.31. The van der Waals surface area contributed by atoms with Crippen LogP contribution in [0.2, 0.25) is 0 Å². The molecule has 6 nitrogen and oxygen atoms in total. The van der Waals surface area contributed by atoms with Gasteiger partial charge in [-0.25, -0.2) is 0 Å². The van der Waals surface area contributed by atoms with Crippen molar-refractivity contribution in [3.05, 3.63) is 35.9 Å². The first-order valence-corrected chi connectivity index (χ1v) is 11.2. The molecule has 1 aliphatic carbocycles. The Bertz CT molecular complexity index is 719.